The first kappa shape index (κ1) is 21.8. The molecule has 3 aromatic carbocycles. The molecule has 0 aliphatic heterocycles. The molecular formula is C20H14Cl4O2S2. The van der Waals surface area contributed by atoms with E-state index in [9.17, 15) is 8.42 Å². The third-order valence-electron chi connectivity index (χ3n) is 3.94. The average molecular weight is 492 g/mol. The Morgan fingerprint density at radius 2 is 1.46 bits per heavy atom. The highest BCUT2D eigenvalue weighted by Crippen LogP contribution is 2.40. The van der Waals surface area contributed by atoms with Gasteiger partial charge in [0.15, 0.2) is 9.84 Å². The summed E-state index contributed by atoms with van der Waals surface area (Å²) in [5.74, 6) is -0.151. The van der Waals surface area contributed by atoms with Crippen LogP contribution in [0.25, 0.3) is 0 Å². The van der Waals surface area contributed by atoms with Gasteiger partial charge in [-0.15, -0.1) is 11.8 Å². The van der Waals surface area contributed by atoms with Gasteiger partial charge in [-0.3, -0.25) is 0 Å². The number of hydrogen-bond acceptors (Lipinski definition) is 3. The van der Waals surface area contributed by atoms with Crippen LogP contribution in [-0.2, 0) is 9.84 Å². The van der Waals surface area contributed by atoms with Crippen molar-refractivity contribution >= 4 is 68.0 Å². The third-order valence-corrected chi connectivity index (χ3v) is 8.60. The van der Waals surface area contributed by atoms with E-state index in [1.165, 1.54) is 23.9 Å². The predicted octanol–water partition coefficient (Wildman–Crippen LogP) is 7.61. The van der Waals surface area contributed by atoms with Crippen molar-refractivity contribution in [3.05, 3.63) is 92.4 Å². The number of benzene rings is 3. The molecule has 1 atom stereocenters. The van der Waals surface area contributed by atoms with Crippen LogP contribution >= 0.6 is 58.2 Å². The summed E-state index contributed by atoms with van der Waals surface area (Å²) in [6.07, 6.45) is 0. The minimum absolute atomic E-state index is 0.0253. The van der Waals surface area contributed by atoms with Gasteiger partial charge in [0.1, 0.15) is 0 Å². The van der Waals surface area contributed by atoms with E-state index in [-0.39, 0.29) is 20.9 Å². The van der Waals surface area contributed by atoms with Gasteiger partial charge in [-0.05, 0) is 42.0 Å². The zero-order chi connectivity index (χ0) is 20.3. The highest BCUT2D eigenvalue weighted by molar-refractivity contribution is 8.01. The van der Waals surface area contributed by atoms with Gasteiger partial charge in [-0.2, -0.15) is 0 Å². The lowest BCUT2D eigenvalue weighted by atomic mass is 10.2. The first-order chi connectivity index (χ1) is 13.3. The molecule has 0 radical (unpaired) electrons. The Labute approximate surface area is 188 Å². The molecule has 0 aliphatic carbocycles. The van der Waals surface area contributed by atoms with Crippen LogP contribution < -0.4 is 0 Å². The van der Waals surface area contributed by atoms with E-state index in [4.69, 9.17) is 46.4 Å². The van der Waals surface area contributed by atoms with Gasteiger partial charge < -0.3 is 0 Å². The molecule has 0 heterocycles. The first-order valence-electron chi connectivity index (χ1n) is 8.11. The standard InChI is InChI=1S/C20H14Cl4O2S2/c21-14-6-8-17(23)20(10-14)28(25,26)12-19(13-4-2-1-3-5-13)27-15-7-9-16(22)18(24)11-15/h1-11,19H,12H2/t19-/m1/s1. The molecule has 8 heteroatoms. The fourth-order valence-electron chi connectivity index (χ4n) is 2.59. The lowest BCUT2D eigenvalue weighted by molar-refractivity contribution is 0.595. The summed E-state index contributed by atoms with van der Waals surface area (Å²) < 4.78 is 26.2. The van der Waals surface area contributed by atoms with Crippen LogP contribution in [0.4, 0.5) is 0 Å². The van der Waals surface area contributed by atoms with E-state index in [0.29, 0.717) is 15.1 Å². The molecule has 28 heavy (non-hydrogen) atoms. The molecule has 0 aromatic heterocycles. The Bertz CT molecular complexity index is 1090. The number of hydrogen-bond donors (Lipinski definition) is 0. The van der Waals surface area contributed by atoms with E-state index in [1.54, 1.807) is 18.2 Å². The topological polar surface area (TPSA) is 34.1 Å². The van der Waals surface area contributed by atoms with Crippen LogP contribution in [-0.4, -0.2) is 14.2 Å². The van der Waals surface area contributed by atoms with Gasteiger partial charge >= 0.3 is 0 Å². The SMILES string of the molecule is O=S(=O)(C[C@@H](Sc1ccc(Cl)c(Cl)c1)c1ccccc1)c1cc(Cl)ccc1Cl. The average Bonchev–Trinajstić information content (AvgIpc) is 2.66. The fourth-order valence-corrected chi connectivity index (χ4v) is 6.86. The molecule has 0 unspecified atom stereocenters. The summed E-state index contributed by atoms with van der Waals surface area (Å²) in [6.45, 7) is 0. The Kier molecular flexibility index (Phi) is 7.24. The molecule has 3 aromatic rings. The Morgan fingerprint density at radius 1 is 0.786 bits per heavy atom. The number of thioether (sulfide) groups is 1. The number of sulfone groups is 1. The van der Waals surface area contributed by atoms with E-state index in [0.717, 1.165) is 10.5 Å². The molecule has 0 fully saturated rings. The van der Waals surface area contributed by atoms with Crippen LogP contribution in [0.3, 0.4) is 0 Å². The lowest BCUT2D eigenvalue weighted by Crippen LogP contribution is -2.13. The smallest absolute Gasteiger partial charge is 0.181 e. The van der Waals surface area contributed by atoms with Crippen molar-refractivity contribution in [1.29, 1.82) is 0 Å². The monoisotopic (exact) mass is 490 g/mol. The summed E-state index contributed by atoms with van der Waals surface area (Å²) in [5.41, 5.74) is 0.875. The fraction of sp³-hybridized carbons (Fsp3) is 0.100. The van der Waals surface area contributed by atoms with Crippen LogP contribution in [0.5, 0.6) is 0 Å². The second-order valence-corrected chi connectivity index (χ2v) is 10.9. The van der Waals surface area contributed by atoms with Gasteiger partial charge in [-0.25, -0.2) is 8.42 Å². The number of rotatable bonds is 6. The van der Waals surface area contributed by atoms with E-state index >= 15 is 0 Å². The molecule has 0 aliphatic rings. The molecule has 0 amide bonds. The predicted molar refractivity (Wildman–Crippen MR) is 120 cm³/mol. The highest BCUT2D eigenvalue weighted by atomic mass is 35.5. The zero-order valence-corrected chi connectivity index (χ0v) is 18.9. The maximum absolute atomic E-state index is 13.1. The second kappa shape index (κ2) is 9.29. The Hall–Kier alpha value is -0.880. The minimum Gasteiger partial charge on any atom is -0.224 e. The van der Waals surface area contributed by atoms with E-state index in [2.05, 4.69) is 0 Å². The van der Waals surface area contributed by atoms with Crippen LogP contribution in [0.2, 0.25) is 20.1 Å². The van der Waals surface area contributed by atoms with Gasteiger partial charge in [0, 0.05) is 15.2 Å². The molecule has 0 spiro atoms. The largest absolute Gasteiger partial charge is 0.224 e. The lowest BCUT2D eigenvalue weighted by Gasteiger charge is -2.18. The van der Waals surface area contributed by atoms with Crippen molar-refractivity contribution in [2.45, 2.75) is 15.0 Å². The summed E-state index contributed by atoms with van der Waals surface area (Å²) in [7, 11) is -3.70. The quantitative estimate of drug-likeness (QED) is 0.332. The van der Waals surface area contributed by atoms with Crippen molar-refractivity contribution in [2.75, 3.05) is 5.75 Å². The van der Waals surface area contributed by atoms with Gasteiger partial charge in [0.25, 0.3) is 0 Å². The highest BCUT2D eigenvalue weighted by Gasteiger charge is 2.26. The normalized spacial score (nSPS) is 12.7. The number of halogens is 4. The van der Waals surface area contributed by atoms with Gasteiger partial charge in [0.05, 0.1) is 25.7 Å². The second-order valence-electron chi connectivity index (χ2n) is 5.95. The minimum atomic E-state index is -3.70. The third kappa shape index (κ3) is 5.38. The van der Waals surface area contributed by atoms with Crippen molar-refractivity contribution in [2.24, 2.45) is 0 Å². The maximum atomic E-state index is 13.1. The molecular weight excluding hydrogens is 478 g/mol. The van der Waals surface area contributed by atoms with Crippen molar-refractivity contribution in [3.63, 3.8) is 0 Å². The molecule has 3 rings (SSSR count). The summed E-state index contributed by atoms with van der Waals surface area (Å²) in [4.78, 5) is 0.841. The zero-order valence-electron chi connectivity index (χ0n) is 14.3. The summed E-state index contributed by atoms with van der Waals surface area (Å²) >= 11 is 25.6. The molecule has 0 N–H and O–H groups in total. The molecule has 0 saturated carbocycles. The maximum Gasteiger partial charge on any atom is 0.181 e. The van der Waals surface area contributed by atoms with Crippen molar-refractivity contribution in [1.82, 2.24) is 0 Å². The van der Waals surface area contributed by atoms with Crippen LogP contribution in [0, 0.1) is 0 Å². The van der Waals surface area contributed by atoms with E-state index < -0.39 is 9.84 Å². The van der Waals surface area contributed by atoms with Gasteiger partial charge in [0.2, 0.25) is 0 Å². The molecule has 146 valence electrons. The summed E-state index contributed by atoms with van der Waals surface area (Å²) in [6, 6.07) is 19.1. The molecule has 0 bridgehead atoms. The van der Waals surface area contributed by atoms with Crippen LogP contribution in [0.15, 0.2) is 76.5 Å². The van der Waals surface area contributed by atoms with Gasteiger partial charge in [-0.1, -0.05) is 76.7 Å². The molecule has 0 saturated heterocycles. The summed E-state index contributed by atoms with van der Waals surface area (Å²) in [5, 5.41) is 0.949. The van der Waals surface area contributed by atoms with Crippen LogP contribution in [0.1, 0.15) is 10.8 Å². The first-order valence-corrected chi connectivity index (χ1v) is 12.1. The molecule has 2 nitrogen and oxygen atoms in total. The Balaban J connectivity index is 1.97. The van der Waals surface area contributed by atoms with E-state index in [1.807, 2.05) is 36.4 Å². The van der Waals surface area contributed by atoms with Crippen molar-refractivity contribution in [3.8, 4) is 0 Å². The Morgan fingerprint density at radius 3 is 2.14 bits per heavy atom. The van der Waals surface area contributed by atoms with Crippen molar-refractivity contribution < 1.29 is 8.42 Å².